The van der Waals surface area contributed by atoms with Crippen molar-refractivity contribution >= 4 is 22.7 Å². The van der Waals surface area contributed by atoms with Gasteiger partial charge in [-0.3, -0.25) is 19.5 Å². The highest BCUT2D eigenvalue weighted by atomic mass is 16.6. The van der Waals surface area contributed by atoms with Crippen LogP contribution in [0.5, 0.6) is 0 Å². The summed E-state index contributed by atoms with van der Waals surface area (Å²) in [5, 5.41) is 13.7. The first-order valence-corrected chi connectivity index (χ1v) is 9.09. The van der Waals surface area contributed by atoms with Crippen LogP contribution in [-0.2, 0) is 11.3 Å². The molecule has 0 radical (unpaired) electrons. The Balaban J connectivity index is 1.56. The molecular formula is C18H23N3O5. The van der Waals surface area contributed by atoms with Gasteiger partial charge in [0.15, 0.2) is 5.58 Å². The number of nitro groups is 1. The van der Waals surface area contributed by atoms with Crippen molar-refractivity contribution in [2.45, 2.75) is 51.5 Å². The summed E-state index contributed by atoms with van der Waals surface area (Å²) in [4.78, 5) is 34.4. The highest BCUT2D eigenvalue weighted by molar-refractivity contribution is 5.80. The number of hydrogen-bond donors (Lipinski definition) is 1. The quantitative estimate of drug-likeness (QED) is 0.463. The van der Waals surface area contributed by atoms with E-state index < -0.39 is 10.7 Å². The van der Waals surface area contributed by atoms with E-state index in [0.29, 0.717) is 6.54 Å². The SMILES string of the molecule is O=C(Cn1c(=O)oc2ccc([N+](=O)[O-])cc21)NCCCC1CCCCC1. The lowest BCUT2D eigenvalue weighted by molar-refractivity contribution is -0.384. The summed E-state index contributed by atoms with van der Waals surface area (Å²) in [6.07, 6.45) is 8.54. The monoisotopic (exact) mass is 361 g/mol. The van der Waals surface area contributed by atoms with Crippen LogP contribution in [0.25, 0.3) is 11.1 Å². The number of non-ortho nitro benzene ring substituents is 1. The molecule has 1 amide bonds. The number of amides is 1. The van der Waals surface area contributed by atoms with Crippen LogP contribution >= 0.6 is 0 Å². The van der Waals surface area contributed by atoms with E-state index in [-0.39, 0.29) is 29.2 Å². The van der Waals surface area contributed by atoms with Crippen molar-refractivity contribution < 1.29 is 14.1 Å². The first kappa shape index (κ1) is 18.2. The maximum absolute atomic E-state index is 12.1. The molecule has 140 valence electrons. The average molecular weight is 361 g/mol. The van der Waals surface area contributed by atoms with Crippen LogP contribution in [0, 0.1) is 16.0 Å². The summed E-state index contributed by atoms with van der Waals surface area (Å²) in [5.41, 5.74) is 0.326. The Kier molecular flexibility index (Phi) is 5.70. The van der Waals surface area contributed by atoms with Crippen LogP contribution in [0.4, 0.5) is 5.69 Å². The van der Waals surface area contributed by atoms with Gasteiger partial charge < -0.3 is 9.73 Å². The second-order valence-electron chi connectivity index (χ2n) is 6.86. The van der Waals surface area contributed by atoms with Gasteiger partial charge in [-0.15, -0.1) is 0 Å². The van der Waals surface area contributed by atoms with Gasteiger partial charge in [0.2, 0.25) is 5.91 Å². The molecule has 0 bridgehead atoms. The van der Waals surface area contributed by atoms with Crippen LogP contribution < -0.4 is 11.1 Å². The normalized spacial score (nSPS) is 15.2. The highest BCUT2D eigenvalue weighted by Crippen LogP contribution is 2.27. The van der Waals surface area contributed by atoms with E-state index in [0.717, 1.165) is 23.3 Å². The maximum atomic E-state index is 12.1. The first-order valence-electron chi connectivity index (χ1n) is 9.09. The van der Waals surface area contributed by atoms with E-state index in [4.69, 9.17) is 4.42 Å². The average Bonchev–Trinajstić information content (AvgIpc) is 2.94. The summed E-state index contributed by atoms with van der Waals surface area (Å²) < 4.78 is 6.17. The topological polar surface area (TPSA) is 107 Å². The Morgan fingerprint density at radius 1 is 1.31 bits per heavy atom. The molecule has 1 saturated carbocycles. The van der Waals surface area contributed by atoms with Gasteiger partial charge in [0.25, 0.3) is 5.69 Å². The molecule has 0 aliphatic heterocycles. The summed E-state index contributed by atoms with van der Waals surface area (Å²) in [7, 11) is 0. The van der Waals surface area contributed by atoms with Gasteiger partial charge in [0.1, 0.15) is 6.54 Å². The van der Waals surface area contributed by atoms with E-state index in [1.54, 1.807) is 0 Å². The zero-order valence-corrected chi connectivity index (χ0v) is 14.6. The van der Waals surface area contributed by atoms with Crippen LogP contribution in [-0.4, -0.2) is 21.9 Å². The minimum atomic E-state index is -0.696. The number of fused-ring (bicyclic) bond motifs is 1. The number of hydrogen-bond acceptors (Lipinski definition) is 5. The van der Waals surface area contributed by atoms with E-state index in [9.17, 15) is 19.7 Å². The number of rotatable bonds is 7. The number of carbonyl (C=O) groups is 1. The lowest BCUT2D eigenvalue weighted by Gasteiger charge is -2.21. The zero-order chi connectivity index (χ0) is 18.5. The summed E-state index contributed by atoms with van der Waals surface area (Å²) >= 11 is 0. The molecule has 26 heavy (non-hydrogen) atoms. The number of oxazole rings is 1. The van der Waals surface area contributed by atoms with Gasteiger partial charge in [0, 0.05) is 18.7 Å². The summed E-state index contributed by atoms with van der Waals surface area (Å²) in [5.74, 6) is -0.232. The standard InChI is InChI=1S/C18H23N3O5/c22-17(19-10-4-7-13-5-2-1-3-6-13)12-20-15-11-14(21(24)25)8-9-16(15)26-18(20)23/h8-9,11,13H,1-7,10,12H2,(H,19,22). The van der Waals surface area contributed by atoms with Crippen LogP contribution in [0.2, 0.25) is 0 Å². The molecule has 0 saturated heterocycles. The maximum Gasteiger partial charge on any atom is 0.420 e. The molecule has 0 atom stereocenters. The van der Waals surface area contributed by atoms with Crippen molar-refractivity contribution in [3.63, 3.8) is 0 Å². The van der Waals surface area contributed by atoms with Gasteiger partial charge in [-0.2, -0.15) is 0 Å². The number of nitrogens with one attached hydrogen (secondary N) is 1. The third-order valence-electron chi connectivity index (χ3n) is 5.00. The molecule has 1 heterocycles. The fourth-order valence-corrected chi connectivity index (χ4v) is 3.61. The largest absolute Gasteiger partial charge is 0.420 e. The first-order chi connectivity index (χ1) is 12.5. The van der Waals surface area contributed by atoms with Crippen molar-refractivity contribution in [2.24, 2.45) is 5.92 Å². The third-order valence-corrected chi connectivity index (χ3v) is 5.00. The minimum Gasteiger partial charge on any atom is -0.408 e. The molecule has 1 aliphatic rings. The van der Waals surface area contributed by atoms with E-state index in [2.05, 4.69) is 5.32 Å². The van der Waals surface area contributed by atoms with Crippen molar-refractivity contribution in [2.75, 3.05) is 6.54 Å². The predicted octanol–water partition coefficient (Wildman–Crippen LogP) is 2.98. The molecule has 1 N–H and O–H groups in total. The molecule has 2 aromatic rings. The zero-order valence-electron chi connectivity index (χ0n) is 14.6. The molecule has 3 rings (SSSR count). The van der Waals surface area contributed by atoms with E-state index in [1.165, 1.54) is 50.3 Å². The number of benzene rings is 1. The minimum absolute atomic E-state index is 0.153. The van der Waals surface area contributed by atoms with E-state index in [1.807, 2.05) is 0 Å². The predicted molar refractivity (Wildman–Crippen MR) is 95.9 cm³/mol. The molecule has 0 spiro atoms. The molecule has 0 unspecified atom stereocenters. The molecular weight excluding hydrogens is 338 g/mol. The van der Waals surface area contributed by atoms with E-state index >= 15 is 0 Å². The molecule has 1 aromatic heterocycles. The Hall–Kier alpha value is -2.64. The third kappa shape index (κ3) is 4.30. The summed E-state index contributed by atoms with van der Waals surface area (Å²) in [6, 6.07) is 3.88. The number of carbonyl (C=O) groups excluding carboxylic acids is 1. The molecule has 8 nitrogen and oxygen atoms in total. The van der Waals surface area contributed by atoms with Crippen molar-refractivity contribution in [1.29, 1.82) is 0 Å². The lowest BCUT2D eigenvalue weighted by Crippen LogP contribution is -2.31. The Labute approximate surface area is 150 Å². The highest BCUT2D eigenvalue weighted by Gasteiger charge is 2.17. The number of nitrogens with zero attached hydrogens (tertiary/aromatic N) is 2. The Morgan fingerprint density at radius 2 is 2.08 bits per heavy atom. The smallest absolute Gasteiger partial charge is 0.408 e. The van der Waals surface area contributed by atoms with Crippen LogP contribution in [0.3, 0.4) is 0 Å². The van der Waals surface area contributed by atoms with Crippen LogP contribution in [0.1, 0.15) is 44.9 Å². The number of nitro benzene ring substituents is 1. The molecule has 1 aliphatic carbocycles. The second-order valence-corrected chi connectivity index (χ2v) is 6.86. The van der Waals surface area contributed by atoms with Crippen molar-refractivity contribution in [3.05, 3.63) is 38.9 Å². The fourth-order valence-electron chi connectivity index (χ4n) is 3.61. The second kappa shape index (κ2) is 8.16. The Bertz CT molecular complexity index is 848. The van der Waals surface area contributed by atoms with Crippen molar-refractivity contribution in [1.82, 2.24) is 9.88 Å². The molecule has 8 heteroatoms. The Morgan fingerprint density at radius 3 is 2.81 bits per heavy atom. The molecule has 1 fully saturated rings. The molecule has 1 aromatic carbocycles. The van der Waals surface area contributed by atoms with Crippen LogP contribution in [0.15, 0.2) is 27.4 Å². The van der Waals surface area contributed by atoms with Gasteiger partial charge in [-0.25, -0.2) is 4.79 Å². The van der Waals surface area contributed by atoms with Gasteiger partial charge in [0.05, 0.1) is 10.4 Å². The summed E-state index contributed by atoms with van der Waals surface area (Å²) in [6.45, 7) is 0.358. The van der Waals surface area contributed by atoms with Gasteiger partial charge in [-0.1, -0.05) is 32.1 Å². The van der Waals surface area contributed by atoms with Crippen molar-refractivity contribution in [3.8, 4) is 0 Å². The van der Waals surface area contributed by atoms with Gasteiger partial charge >= 0.3 is 5.76 Å². The lowest BCUT2D eigenvalue weighted by atomic mass is 9.86. The number of aromatic nitrogens is 1. The van der Waals surface area contributed by atoms with Gasteiger partial charge in [-0.05, 0) is 24.8 Å². The fraction of sp³-hybridized carbons (Fsp3) is 0.556.